The molecule has 0 bridgehead atoms. The topological polar surface area (TPSA) is 20.2 Å². The number of aliphatic hydroxyl groups excluding tert-OH is 1. The van der Waals surface area contributed by atoms with E-state index in [0.29, 0.717) is 34.7 Å². The molecule has 0 heterocycles. The lowest BCUT2D eigenvalue weighted by molar-refractivity contribution is -0.0300. The van der Waals surface area contributed by atoms with E-state index in [1.165, 1.54) is 89.0 Å². The first kappa shape index (κ1) is 21.0. The van der Waals surface area contributed by atoms with Gasteiger partial charge in [-0.3, -0.25) is 0 Å². The summed E-state index contributed by atoms with van der Waals surface area (Å²) < 4.78 is 0. The van der Waals surface area contributed by atoms with E-state index >= 15 is 0 Å². The van der Waals surface area contributed by atoms with Crippen molar-refractivity contribution in [3.63, 3.8) is 0 Å². The Morgan fingerprint density at radius 2 is 1.61 bits per heavy atom. The zero-order chi connectivity index (χ0) is 21.6. The molecular formula is C30H46O. The quantitative estimate of drug-likeness (QED) is 0.483. The van der Waals surface area contributed by atoms with E-state index in [2.05, 4.69) is 33.4 Å². The van der Waals surface area contributed by atoms with Crippen molar-refractivity contribution >= 4 is 0 Å². The molecule has 0 aromatic heterocycles. The summed E-state index contributed by atoms with van der Waals surface area (Å²) in [5.41, 5.74) is 4.63. The second-order valence-electron chi connectivity index (χ2n) is 13.7. The molecule has 6 atom stereocenters. The second kappa shape index (κ2) is 6.74. The summed E-state index contributed by atoms with van der Waals surface area (Å²) in [5.74, 6) is 3.74. The highest BCUT2D eigenvalue weighted by molar-refractivity contribution is 5.48. The number of allylic oxidation sites excluding steroid dienone is 3. The van der Waals surface area contributed by atoms with Crippen LogP contribution in [0, 0.1) is 51.2 Å². The number of hydrogen-bond donors (Lipinski definition) is 1. The van der Waals surface area contributed by atoms with Crippen LogP contribution in [0.25, 0.3) is 0 Å². The highest BCUT2D eigenvalue weighted by atomic mass is 16.3. The Labute approximate surface area is 191 Å². The first-order valence-electron chi connectivity index (χ1n) is 13.8. The summed E-state index contributed by atoms with van der Waals surface area (Å²) in [4.78, 5) is 0. The summed E-state index contributed by atoms with van der Waals surface area (Å²) in [5, 5.41) is 10.9. The normalized spacial score (nSPS) is 48.0. The fraction of sp³-hybridized carbons (Fsp3) is 0.867. The van der Waals surface area contributed by atoms with Gasteiger partial charge in [0, 0.05) is 6.61 Å². The van der Waals surface area contributed by atoms with Crippen LogP contribution >= 0.6 is 0 Å². The van der Waals surface area contributed by atoms with Crippen molar-refractivity contribution in [2.75, 3.05) is 6.61 Å². The van der Waals surface area contributed by atoms with Crippen LogP contribution < -0.4 is 0 Å². The summed E-state index contributed by atoms with van der Waals surface area (Å²) in [6, 6.07) is 0. The van der Waals surface area contributed by atoms with Gasteiger partial charge >= 0.3 is 0 Å². The molecule has 5 saturated carbocycles. The van der Waals surface area contributed by atoms with Crippen molar-refractivity contribution in [2.45, 2.75) is 104 Å². The molecule has 1 heteroatoms. The Balaban J connectivity index is 1.47. The highest BCUT2D eigenvalue weighted by Crippen LogP contribution is 2.81. The SMILES string of the molecule is C=C1C=C2C3(CCC(C4CCCCC4)C2(C)C2C1C2(C)C)CCC1(CCCC1)C3CO. The largest absolute Gasteiger partial charge is 0.396 e. The van der Waals surface area contributed by atoms with Gasteiger partial charge in [0.2, 0.25) is 0 Å². The summed E-state index contributed by atoms with van der Waals surface area (Å²) in [6.45, 7) is 12.8. The highest BCUT2D eigenvalue weighted by Gasteiger charge is 2.74. The van der Waals surface area contributed by atoms with Crippen LogP contribution in [-0.2, 0) is 0 Å². The Morgan fingerprint density at radius 3 is 2.29 bits per heavy atom. The van der Waals surface area contributed by atoms with Gasteiger partial charge in [0.1, 0.15) is 0 Å². The zero-order valence-corrected chi connectivity index (χ0v) is 20.5. The fourth-order valence-corrected chi connectivity index (χ4v) is 11.3. The number of fused-ring (bicyclic) bond motifs is 4. The lowest BCUT2D eigenvalue weighted by atomic mass is 9.45. The predicted octanol–water partition coefficient (Wildman–Crippen LogP) is 7.70. The molecule has 0 amide bonds. The second-order valence-corrected chi connectivity index (χ2v) is 13.7. The maximum atomic E-state index is 10.9. The first-order chi connectivity index (χ1) is 14.8. The van der Waals surface area contributed by atoms with Gasteiger partial charge in [0.25, 0.3) is 0 Å². The molecular weight excluding hydrogens is 376 g/mol. The van der Waals surface area contributed by atoms with E-state index in [0.717, 1.165) is 17.8 Å². The van der Waals surface area contributed by atoms with Gasteiger partial charge in [0.15, 0.2) is 0 Å². The van der Waals surface area contributed by atoms with E-state index in [-0.39, 0.29) is 5.41 Å². The Morgan fingerprint density at radius 1 is 0.903 bits per heavy atom. The third-order valence-corrected chi connectivity index (χ3v) is 12.5. The van der Waals surface area contributed by atoms with Crippen LogP contribution in [0.3, 0.4) is 0 Å². The van der Waals surface area contributed by atoms with E-state index in [9.17, 15) is 5.11 Å². The predicted molar refractivity (Wildman–Crippen MR) is 129 cm³/mol. The molecule has 0 aromatic carbocycles. The zero-order valence-electron chi connectivity index (χ0n) is 20.5. The third-order valence-electron chi connectivity index (χ3n) is 12.5. The van der Waals surface area contributed by atoms with Crippen LogP contribution in [0.4, 0.5) is 0 Å². The van der Waals surface area contributed by atoms with E-state index in [1.54, 1.807) is 5.57 Å². The van der Waals surface area contributed by atoms with E-state index in [1.807, 2.05) is 0 Å². The van der Waals surface area contributed by atoms with Crippen LogP contribution in [0.5, 0.6) is 0 Å². The molecule has 6 rings (SSSR count). The molecule has 1 N–H and O–H groups in total. The van der Waals surface area contributed by atoms with Crippen LogP contribution in [0.1, 0.15) is 104 Å². The van der Waals surface area contributed by atoms with Crippen molar-refractivity contribution in [1.29, 1.82) is 0 Å². The Kier molecular flexibility index (Phi) is 4.57. The first-order valence-corrected chi connectivity index (χ1v) is 13.8. The summed E-state index contributed by atoms with van der Waals surface area (Å²) in [7, 11) is 0. The van der Waals surface area contributed by atoms with Crippen molar-refractivity contribution < 1.29 is 5.11 Å². The van der Waals surface area contributed by atoms with Crippen LogP contribution in [0.2, 0.25) is 0 Å². The average Bonchev–Trinajstić information content (AvgIpc) is 3.07. The van der Waals surface area contributed by atoms with Gasteiger partial charge < -0.3 is 5.11 Å². The maximum Gasteiger partial charge on any atom is 0.0473 e. The molecule has 0 aliphatic heterocycles. The minimum absolute atomic E-state index is 0.256. The Hall–Kier alpha value is -0.560. The average molecular weight is 423 g/mol. The van der Waals surface area contributed by atoms with Crippen LogP contribution in [-0.4, -0.2) is 11.7 Å². The van der Waals surface area contributed by atoms with E-state index < -0.39 is 0 Å². The van der Waals surface area contributed by atoms with E-state index in [4.69, 9.17) is 0 Å². The van der Waals surface area contributed by atoms with Crippen LogP contribution in [0.15, 0.2) is 23.8 Å². The maximum absolute atomic E-state index is 10.9. The van der Waals surface area contributed by atoms with Gasteiger partial charge in [-0.2, -0.15) is 0 Å². The molecule has 6 aliphatic rings. The lowest BCUT2D eigenvalue weighted by Gasteiger charge is -2.59. The number of rotatable bonds is 2. The smallest absolute Gasteiger partial charge is 0.0473 e. The lowest BCUT2D eigenvalue weighted by Crippen LogP contribution is -2.52. The molecule has 0 aromatic rings. The van der Waals surface area contributed by atoms with Crippen molar-refractivity contribution in [3.8, 4) is 0 Å². The minimum Gasteiger partial charge on any atom is -0.396 e. The number of hydrogen-bond acceptors (Lipinski definition) is 1. The number of aliphatic hydroxyl groups is 1. The fourth-order valence-electron chi connectivity index (χ4n) is 11.3. The van der Waals surface area contributed by atoms with Gasteiger partial charge in [-0.05, 0) is 89.8 Å². The van der Waals surface area contributed by atoms with Crippen molar-refractivity contribution in [2.24, 2.45) is 51.2 Å². The molecule has 1 nitrogen and oxygen atoms in total. The summed E-state index contributed by atoms with van der Waals surface area (Å²) >= 11 is 0. The molecule has 0 radical (unpaired) electrons. The molecule has 172 valence electrons. The van der Waals surface area contributed by atoms with Gasteiger partial charge in [-0.25, -0.2) is 0 Å². The third kappa shape index (κ3) is 2.54. The molecule has 5 fully saturated rings. The van der Waals surface area contributed by atoms with Crippen molar-refractivity contribution in [1.82, 2.24) is 0 Å². The summed E-state index contributed by atoms with van der Waals surface area (Å²) in [6.07, 6.45) is 20.9. The van der Waals surface area contributed by atoms with Gasteiger partial charge in [-0.1, -0.05) is 89.5 Å². The molecule has 0 saturated heterocycles. The molecule has 6 unspecified atom stereocenters. The standard InChI is InChI=1S/C30H46O/c1-20-18-23-28(4,26-25(20)27(26,2)3)22(21-10-6-5-7-11-21)12-15-30(23)17-16-29(24(30)19-31)13-8-9-14-29/h18,21-22,24-26,31H,1,5-17,19H2,2-4H3. The van der Waals surface area contributed by atoms with Gasteiger partial charge in [-0.15, -0.1) is 0 Å². The molecule has 31 heavy (non-hydrogen) atoms. The monoisotopic (exact) mass is 422 g/mol. The van der Waals surface area contributed by atoms with Gasteiger partial charge in [0.05, 0.1) is 0 Å². The van der Waals surface area contributed by atoms with Crippen molar-refractivity contribution in [3.05, 3.63) is 23.8 Å². The minimum atomic E-state index is 0.256. The molecule has 6 aliphatic carbocycles. The Bertz CT molecular complexity index is 791. The molecule has 2 spiro atoms.